The van der Waals surface area contributed by atoms with E-state index in [-0.39, 0.29) is 17.5 Å². The molecule has 2 rings (SSSR count). The van der Waals surface area contributed by atoms with Crippen molar-refractivity contribution < 1.29 is 9.59 Å². The Morgan fingerprint density at radius 2 is 1.91 bits per heavy atom. The molecule has 1 unspecified atom stereocenters. The lowest BCUT2D eigenvalue weighted by Crippen LogP contribution is -2.44. The number of nitrogens with one attached hydrogen (secondary N) is 2. The normalized spacial score (nSPS) is 11.5. The molecule has 1 atom stereocenters. The summed E-state index contributed by atoms with van der Waals surface area (Å²) in [4.78, 5) is 31.8. The van der Waals surface area contributed by atoms with Crippen molar-refractivity contribution in [2.24, 2.45) is 0 Å². The van der Waals surface area contributed by atoms with Crippen LogP contribution in [0, 0.1) is 0 Å². The minimum absolute atomic E-state index is 0.148. The smallest absolute Gasteiger partial charge is 0.273 e. The predicted molar refractivity (Wildman–Crippen MR) is 81.7 cm³/mol. The average molecular weight is 298 g/mol. The zero-order valence-corrected chi connectivity index (χ0v) is 12.3. The van der Waals surface area contributed by atoms with Gasteiger partial charge in [-0.1, -0.05) is 43.7 Å². The van der Waals surface area contributed by atoms with Crippen molar-refractivity contribution in [1.29, 1.82) is 0 Å². The highest BCUT2D eigenvalue weighted by Crippen LogP contribution is 2.20. The lowest BCUT2D eigenvalue weighted by atomic mass is 9.94. The average Bonchev–Trinajstić information content (AvgIpc) is 2.58. The molecule has 6 heteroatoms. The molecule has 0 fully saturated rings. The molecule has 0 radical (unpaired) electrons. The first-order valence-corrected chi connectivity index (χ1v) is 7.13. The molecule has 0 aliphatic carbocycles. The van der Waals surface area contributed by atoms with E-state index in [4.69, 9.17) is 0 Å². The third kappa shape index (κ3) is 4.12. The fourth-order valence-electron chi connectivity index (χ4n) is 2.11. The fourth-order valence-corrected chi connectivity index (χ4v) is 2.11. The Morgan fingerprint density at radius 1 is 1.14 bits per heavy atom. The summed E-state index contributed by atoms with van der Waals surface area (Å²) in [6.45, 7) is 2.02. The lowest BCUT2D eigenvalue weighted by molar-refractivity contribution is -0.123. The molecular formula is C16H18N4O2. The summed E-state index contributed by atoms with van der Waals surface area (Å²) in [6, 6.07) is 9.50. The molecule has 2 N–H and O–H groups in total. The van der Waals surface area contributed by atoms with Crippen LogP contribution in [0.15, 0.2) is 48.9 Å². The molecule has 1 heterocycles. The van der Waals surface area contributed by atoms with E-state index in [1.54, 1.807) is 0 Å². The van der Waals surface area contributed by atoms with Crippen LogP contribution in [0.2, 0.25) is 0 Å². The van der Waals surface area contributed by atoms with Crippen LogP contribution in [0.3, 0.4) is 0 Å². The largest absolute Gasteiger partial charge is 0.289 e. The van der Waals surface area contributed by atoms with E-state index in [1.165, 1.54) is 18.6 Å². The molecule has 1 aromatic carbocycles. The molecule has 22 heavy (non-hydrogen) atoms. The van der Waals surface area contributed by atoms with E-state index in [1.807, 2.05) is 37.3 Å². The Kier molecular flexibility index (Phi) is 5.59. The van der Waals surface area contributed by atoms with Crippen LogP contribution in [0.1, 0.15) is 41.7 Å². The van der Waals surface area contributed by atoms with E-state index in [0.717, 1.165) is 12.0 Å². The second kappa shape index (κ2) is 7.87. The summed E-state index contributed by atoms with van der Waals surface area (Å²) in [7, 11) is 0. The summed E-state index contributed by atoms with van der Waals surface area (Å²) in [5.74, 6) is -1.04. The molecule has 6 nitrogen and oxygen atoms in total. The molecule has 2 aromatic rings. The van der Waals surface area contributed by atoms with Gasteiger partial charge in [-0.2, -0.15) is 0 Å². The Balaban J connectivity index is 1.99. The molecule has 1 aromatic heterocycles. The van der Waals surface area contributed by atoms with E-state index >= 15 is 0 Å². The SMILES string of the molecule is CCCC(C(=O)NNC(=O)c1cnccn1)c1ccccc1. The maximum absolute atomic E-state index is 12.3. The van der Waals surface area contributed by atoms with Crippen molar-refractivity contribution in [3.8, 4) is 0 Å². The van der Waals surface area contributed by atoms with Crippen LogP contribution in [0.25, 0.3) is 0 Å². The number of rotatable bonds is 5. The first kappa shape index (κ1) is 15.6. The van der Waals surface area contributed by atoms with Gasteiger partial charge in [-0.25, -0.2) is 4.98 Å². The molecule has 2 amide bonds. The van der Waals surface area contributed by atoms with Crippen molar-refractivity contribution >= 4 is 11.8 Å². The summed E-state index contributed by atoms with van der Waals surface area (Å²) >= 11 is 0. The fraction of sp³-hybridized carbons (Fsp3) is 0.250. The molecule has 0 bridgehead atoms. The molecular weight excluding hydrogens is 280 g/mol. The van der Waals surface area contributed by atoms with Crippen molar-refractivity contribution in [3.05, 3.63) is 60.2 Å². The minimum Gasteiger partial charge on any atom is -0.273 e. The van der Waals surface area contributed by atoms with Gasteiger partial charge in [0.1, 0.15) is 5.69 Å². The van der Waals surface area contributed by atoms with Crippen LogP contribution >= 0.6 is 0 Å². The molecule has 0 spiro atoms. The summed E-state index contributed by atoms with van der Waals surface area (Å²) < 4.78 is 0. The van der Waals surface area contributed by atoms with Gasteiger partial charge in [0.25, 0.3) is 5.91 Å². The quantitative estimate of drug-likeness (QED) is 0.825. The molecule has 114 valence electrons. The second-order valence-electron chi connectivity index (χ2n) is 4.79. The topological polar surface area (TPSA) is 84.0 Å². The summed E-state index contributed by atoms with van der Waals surface area (Å²) in [5, 5.41) is 0. The summed E-state index contributed by atoms with van der Waals surface area (Å²) in [5.41, 5.74) is 5.90. The van der Waals surface area contributed by atoms with Gasteiger partial charge in [0.05, 0.1) is 12.1 Å². The van der Waals surface area contributed by atoms with Crippen molar-refractivity contribution in [2.45, 2.75) is 25.7 Å². The standard InChI is InChI=1S/C16H18N4O2/c1-2-6-13(12-7-4-3-5-8-12)15(21)19-20-16(22)14-11-17-9-10-18-14/h3-5,7-11,13H,2,6H2,1H3,(H,19,21)(H,20,22). The number of hydrogen-bond acceptors (Lipinski definition) is 4. The predicted octanol–water partition coefficient (Wildman–Crippen LogP) is 1.82. The van der Waals surface area contributed by atoms with Crippen LogP contribution in [-0.4, -0.2) is 21.8 Å². The van der Waals surface area contributed by atoms with Crippen LogP contribution in [0.4, 0.5) is 0 Å². The third-order valence-corrected chi connectivity index (χ3v) is 3.19. The van der Waals surface area contributed by atoms with Crippen molar-refractivity contribution in [1.82, 2.24) is 20.8 Å². The zero-order chi connectivity index (χ0) is 15.8. The maximum Gasteiger partial charge on any atom is 0.289 e. The number of carbonyl (C=O) groups is 2. The first-order valence-electron chi connectivity index (χ1n) is 7.13. The van der Waals surface area contributed by atoms with Gasteiger partial charge < -0.3 is 0 Å². The van der Waals surface area contributed by atoms with Crippen LogP contribution in [-0.2, 0) is 4.79 Å². The van der Waals surface area contributed by atoms with Gasteiger partial charge in [0, 0.05) is 12.4 Å². The van der Waals surface area contributed by atoms with Gasteiger partial charge in [-0.05, 0) is 12.0 Å². The Bertz CT molecular complexity index is 617. The summed E-state index contributed by atoms with van der Waals surface area (Å²) in [6.07, 6.45) is 5.80. The van der Waals surface area contributed by atoms with Crippen molar-refractivity contribution in [3.63, 3.8) is 0 Å². The number of nitrogens with zero attached hydrogens (tertiary/aromatic N) is 2. The number of benzene rings is 1. The Labute approximate surface area is 129 Å². The first-order chi connectivity index (χ1) is 10.7. The van der Waals surface area contributed by atoms with Gasteiger partial charge >= 0.3 is 0 Å². The van der Waals surface area contributed by atoms with Crippen LogP contribution < -0.4 is 10.9 Å². The van der Waals surface area contributed by atoms with E-state index < -0.39 is 5.91 Å². The van der Waals surface area contributed by atoms with Gasteiger partial charge in [0.15, 0.2) is 0 Å². The Hall–Kier alpha value is -2.76. The number of amides is 2. The second-order valence-corrected chi connectivity index (χ2v) is 4.79. The highest BCUT2D eigenvalue weighted by atomic mass is 16.2. The van der Waals surface area contributed by atoms with Gasteiger partial charge in [-0.15, -0.1) is 0 Å². The zero-order valence-electron chi connectivity index (χ0n) is 12.3. The number of carbonyl (C=O) groups excluding carboxylic acids is 2. The van der Waals surface area contributed by atoms with Crippen molar-refractivity contribution in [2.75, 3.05) is 0 Å². The maximum atomic E-state index is 12.3. The highest BCUT2D eigenvalue weighted by Gasteiger charge is 2.20. The van der Waals surface area contributed by atoms with Crippen LogP contribution in [0.5, 0.6) is 0 Å². The molecule has 0 saturated carbocycles. The number of aromatic nitrogens is 2. The van der Waals surface area contributed by atoms with E-state index in [0.29, 0.717) is 6.42 Å². The molecule has 0 saturated heterocycles. The van der Waals surface area contributed by atoms with E-state index in [2.05, 4.69) is 20.8 Å². The molecule has 0 aliphatic heterocycles. The lowest BCUT2D eigenvalue weighted by Gasteiger charge is -2.16. The number of hydrogen-bond donors (Lipinski definition) is 2. The van der Waals surface area contributed by atoms with E-state index in [9.17, 15) is 9.59 Å². The third-order valence-electron chi connectivity index (χ3n) is 3.19. The monoisotopic (exact) mass is 298 g/mol. The minimum atomic E-state index is -0.496. The van der Waals surface area contributed by atoms with Gasteiger partial charge in [-0.3, -0.25) is 25.4 Å². The number of hydrazine groups is 1. The highest BCUT2D eigenvalue weighted by molar-refractivity contribution is 5.94. The molecule has 0 aliphatic rings. The van der Waals surface area contributed by atoms with Gasteiger partial charge in [0.2, 0.25) is 5.91 Å². The Morgan fingerprint density at radius 3 is 2.55 bits per heavy atom.